The average Bonchev–Trinajstić information content (AvgIpc) is 3.71. The highest BCUT2D eigenvalue weighted by Crippen LogP contribution is 2.40. The Labute approximate surface area is 258 Å². The summed E-state index contributed by atoms with van der Waals surface area (Å²) < 4.78 is 6.71. The zero-order chi connectivity index (χ0) is 29.4. The highest BCUT2D eigenvalue weighted by molar-refractivity contribution is 6.01. The highest BCUT2D eigenvalue weighted by Gasteiger charge is 2.45. The van der Waals surface area contributed by atoms with Crippen molar-refractivity contribution < 1.29 is 4.74 Å². The van der Waals surface area contributed by atoms with Gasteiger partial charge in [0, 0.05) is 49.3 Å². The lowest BCUT2D eigenvalue weighted by atomic mass is 9.95. The molecule has 4 fully saturated rings. The molecule has 2 aromatic rings. The van der Waals surface area contributed by atoms with Crippen molar-refractivity contribution in [2.24, 2.45) is 4.99 Å². The molecule has 1 N–H and O–H groups in total. The van der Waals surface area contributed by atoms with Crippen LogP contribution in [0.15, 0.2) is 64.5 Å². The van der Waals surface area contributed by atoms with E-state index in [9.17, 15) is 0 Å². The second-order valence-electron chi connectivity index (χ2n) is 13.7. The first kappa shape index (κ1) is 28.9. The standard InChI is InChI=1S/C37H51N5O/c1-4-10-34(43-26-37-18-8-20-42(37)21-9-19-37)39-36(41-24-30-15-16-31(25-41)38-30)32-17-22-40(23-27(32)3)33-14-7-13-29-12-6-11-28(5-2)35(29)33/h6-7,10-14,30-31,38H,4-5,8-9,15-26H2,1-3H3/b34-10-,39-36+. The van der Waals surface area contributed by atoms with Crippen LogP contribution in [0.1, 0.15) is 77.7 Å². The minimum Gasteiger partial charge on any atom is -0.476 e. The van der Waals surface area contributed by atoms with Gasteiger partial charge in [0.15, 0.2) is 0 Å². The van der Waals surface area contributed by atoms with Gasteiger partial charge in [0.05, 0.1) is 5.54 Å². The summed E-state index contributed by atoms with van der Waals surface area (Å²) >= 11 is 0. The van der Waals surface area contributed by atoms with Gasteiger partial charge in [-0.05, 0) is 112 Å². The summed E-state index contributed by atoms with van der Waals surface area (Å²) in [4.78, 5) is 13.4. The number of hydrogen-bond donors (Lipinski definition) is 1. The van der Waals surface area contributed by atoms with Gasteiger partial charge in [0.1, 0.15) is 12.4 Å². The molecule has 2 atom stereocenters. The number of ether oxygens (including phenoxy) is 1. The zero-order valence-corrected chi connectivity index (χ0v) is 26.7. The molecule has 230 valence electrons. The molecular formula is C37H51N5O. The molecule has 0 aromatic heterocycles. The number of rotatable bonds is 8. The summed E-state index contributed by atoms with van der Waals surface area (Å²) in [6.07, 6.45) is 12.9. The fourth-order valence-corrected chi connectivity index (χ4v) is 8.77. The Morgan fingerprint density at radius 3 is 2.47 bits per heavy atom. The number of hydrogen-bond acceptors (Lipinski definition) is 5. The van der Waals surface area contributed by atoms with E-state index in [0.717, 1.165) is 57.9 Å². The van der Waals surface area contributed by atoms with Crippen molar-refractivity contribution in [1.82, 2.24) is 15.1 Å². The molecule has 0 aliphatic carbocycles. The number of likely N-dealkylation sites (tertiary alicyclic amines) is 1. The third-order valence-electron chi connectivity index (χ3n) is 10.9. The summed E-state index contributed by atoms with van der Waals surface area (Å²) in [5.74, 6) is 2.01. The lowest BCUT2D eigenvalue weighted by Gasteiger charge is -2.39. The number of piperazine rings is 1. The molecular weight excluding hydrogens is 530 g/mol. The van der Waals surface area contributed by atoms with Crippen molar-refractivity contribution in [2.45, 2.75) is 96.2 Å². The molecule has 2 unspecified atom stereocenters. The normalized spacial score (nSPS) is 26.1. The van der Waals surface area contributed by atoms with Gasteiger partial charge in [0.25, 0.3) is 0 Å². The van der Waals surface area contributed by atoms with E-state index in [4.69, 9.17) is 9.73 Å². The van der Waals surface area contributed by atoms with Crippen LogP contribution in [0, 0.1) is 0 Å². The van der Waals surface area contributed by atoms with E-state index in [2.05, 4.69) is 83.3 Å². The van der Waals surface area contributed by atoms with Gasteiger partial charge in [-0.15, -0.1) is 0 Å². The van der Waals surface area contributed by atoms with E-state index in [0.29, 0.717) is 12.1 Å². The fraction of sp³-hybridized carbons (Fsp3) is 0.595. The minimum absolute atomic E-state index is 0.229. The number of benzene rings is 2. The van der Waals surface area contributed by atoms with Crippen LogP contribution in [0.4, 0.5) is 5.69 Å². The first-order valence-electron chi connectivity index (χ1n) is 17.2. The molecule has 0 saturated carbocycles. The predicted octanol–water partition coefficient (Wildman–Crippen LogP) is 6.66. The second-order valence-corrected chi connectivity index (χ2v) is 13.7. The van der Waals surface area contributed by atoms with Gasteiger partial charge < -0.3 is 19.9 Å². The van der Waals surface area contributed by atoms with Gasteiger partial charge in [-0.2, -0.15) is 4.99 Å². The molecule has 0 spiro atoms. The lowest BCUT2D eigenvalue weighted by molar-refractivity contribution is 0.0716. The topological polar surface area (TPSA) is 43.3 Å². The number of allylic oxidation sites excluding steroid dienone is 1. The Kier molecular flexibility index (Phi) is 8.26. The zero-order valence-electron chi connectivity index (χ0n) is 26.7. The first-order valence-corrected chi connectivity index (χ1v) is 17.2. The van der Waals surface area contributed by atoms with Crippen molar-refractivity contribution in [3.63, 3.8) is 0 Å². The smallest absolute Gasteiger partial charge is 0.211 e. The summed E-state index contributed by atoms with van der Waals surface area (Å²) in [5, 5.41) is 6.60. The lowest BCUT2D eigenvalue weighted by Crippen LogP contribution is -2.54. The molecule has 6 nitrogen and oxygen atoms in total. The SMILES string of the molecule is CC/C=C(/N=C(\C1=C(C)CN(c2cccc3cccc(CC)c23)CC1)N1CC2CCC(C1)N2)OCC12CCCN1CCC2. The second kappa shape index (κ2) is 12.3. The number of aliphatic imine (C=N–C) groups is 1. The van der Waals surface area contributed by atoms with Crippen molar-refractivity contribution in [1.29, 1.82) is 0 Å². The van der Waals surface area contributed by atoms with Crippen molar-refractivity contribution in [2.75, 3.05) is 50.8 Å². The first-order chi connectivity index (χ1) is 21.1. The Morgan fingerprint density at radius 2 is 1.77 bits per heavy atom. The van der Waals surface area contributed by atoms with E-state index in [1.165, 1.54) is 90.6 Å². The van der Waals surface area contributed by atoms with Gasteiger partial charge in [-0.25, -0.2) is 0 Å². The largest absolute Gasteiger partial charge is 0.476 e. The van der Waals surface area contributed by atoms with Crippen LogP contribution in [0.25, 0.3) is 10.8 Å². The van der Waals surface area contributed by atoms with Crippen molar-refractivity contribution in [3.05, 3.63) is 65.1 Å². The fourth-order valence-electron chi connectivity index (χ4n) is 8.77. The highest BCUT2D eigenvalue weighted by atomic mass is 16.5. The molecule has 2 bridgehead atoms. The Bertz CT molecular complexity index is 1400. The van der Waals surface area contributed by atoms with E-state index in [-0.39, 0.29) is 5.54 Å². The molecule has 5 aliphatic rings. The van der Waals surface area contributed by atoms with Gasteiger partial charge in [-0.3, -0.25) is 4.90 Å². The number of nitrogens with zero attached hydrogens (tertiary/aromatic N) is 4. The summed E-state index contributed by atoms with van der Waals surface area (Å²) in [5.41, 5.74) is 5.91. The van der Waals surface area contributed by atoms with Crippen LogP contribution in [0.5, 0.6) is 0 Å². The summed E-state index contributed by atoms with van der Waals surface area (Å²) in [6, 6.07) is 14.7. The quantitative estimate of drug-likeness (QED) is 0.215. The maximum atomic E-state index is 6.71. The molecule has 4 saturated heterocycles. The molecule has 5 heterocycles. The maximum absolute atomic E-state index is 6.71. The van der Waals surface area contributed by atoms with Crippen molar-refractivity contribution in [3.8, 4) is 0 Å². The van der Waals surface area contributed by atoms with Crippen LogP contribution in [-0.2, 0) is 11.2 Å². The van der Waals surface area contributed by atoms with Crippen LogP contribution in [-0.4, -0.2) is 79.1 Å². The number of anilines is 1. The summed E-state index contributed by atoms with van der Waals surface area (Å²) in [7, 11) is 0. The number of nitrogens with one attached hydrogen (secondary N) is 1. The number of aryl methyl sites for hydroxylation is 1. The van der Waals surface area contributed by atoms with Crippen molar-refractivity contribution >= 4 is 22.3 Å². The monoisotopic (exact) mass is 581 g/mol. The van der Waals surface area contributed by atoms with Crippen LogP contribution < -0.4 is 10.2 Å². The van der Waals surface area contributed by atoms with E-state index >= 15 is 0 Å². The van der Waals surface area contributed by atoms with Gasteiger partial charge in [0.2, 0.25) is 5.88 Å². The Morgan fingerprint density at radius 1 is 1.02 bits per heavy atom. The molecule has 2 aromatic carbocycles. The third-order valence-corrected chi connectivity index (χ3v) is 10.9. The molecule has 0 amide bonds. The van der Waals surface area contributed by atoms with E-state index in [1.807, 2.05) is 0 Å². The maximum Gasteiger partial charge on any atom is 0.211 e. The molecule has 6 heteroatoms. The van der Waals surface area contributed by atoms with E-state index in [1.54, 1.807) is 0 Å². The van der Waals surface area contributed by atoms with Crippen LogP contribution in [0.2, 0.25) is 0 Å². The van der Waals surface area contributed by atoms with Gasteiger partial charge >= 0.3 is 0 Å². The van der Waals surface area contributed by atoms with Crippen LogP contribution >= 0.6 is 0 Å². The Hall–Kier alpha value is -2.83. The summed E-state index contributed by atoms with van der Waals surface area (Å²) in [6.45, 7) is 14.1. The predicted molar refractivity (Wildman–Crippen MR) is 179 cm³/mol. The molecule has 43 heavy (non-hydrogen) atoms. The molecule has 7 rings (SSSR count). The average molecular weight is 582 g/mol. The molecule has 5 aliphatic heterocycles. The number of fused-ring (bicyclic) bond motifs is 4. The van der Waals surface area contributed by atoms with Crippen LogP contribution in [0.3, 0.4) is 0 Å². The molecule has 0 radical (unpaired) electrons. The number of amidine groups is 1. The van der Waals surface area contributed by atoms with E-state index < -0.39 is 0 Å². The Balaban J connectivity index is 1.20. The minimum atomic E-state index is 0.229. The third kappa shape index (κ3) is 5.62. The van der Waals surface area contributed by atoms with Gasteiger partial charge in [-0.1, -0.05) is 44.2 Å².